The quantitative estimate of drug-likeness (QED) is 0.439. The zero-order valence-electron chi connectivity index (χ0n) is 14.2. The van der Waals surface area contributed by atoms with E-state index in [4.69, 9.17) is 44.3 Å². The van der Waals surface area contributed by atoms with Crippen molar-refractivity contribution in [3.8, 4) is 22.8 Å². The van der Waals surface area contributed by atoms with Crippen LogP contribution in [0.1, 0.15) is 0 Å². The molecule has 2 heterocycles. The minimum Gasteiger partial charge on any atom is -0.495 e. The molecule has 2 aromatic heterocycles. The summed E-state index contributed by atoms with van der Waals surface area (Å²) >= 11 is 19.1. The van der Waals surface area contributed by atoms with Gasteiger partial charge in [0.25, 0.3) is 0 Å². The molecule has 0 fully saturated rings. The van der Waals surface area contributed by atoms with Gasteiger partial charge in [-0.3, -0.25) is 0 Å². The van der Waals surface area contributed by atoms with Crippen molar-refractivity contribution < 1.29 is 17.9 Å². The van der Waals surface area contributed by atoms with Gasteiger partial charge in [0.1, 0.15) is 17.0 Å². The van der Waals surface area contributed by atoms with Gasteiger partial charge in [0.15, 0.2) is 5.15 Å². The summed E-state index contributed by atoms with van der Waals surface area (Å²) in [6, 6.07) is 3.15. The lowest BCUT2D eigenvalue weighted by Crippen LogP contribution is -2.04. The Bertz CT molecular complexity index is 1140. The standard InChI is InChI=1S/C16H12Cl3N3O4S/c1-25-9-5-10(26-2)13(18)11(12(9)17)8-4-7-6-20-16(27(3,23)24)22-14(7)15(19)21-8/h4-6H,1-3H3. The molecule has 7 nitrogen and oxygen atoms in total. The van der Waals surface area contributed by atoms with Gasteiger partial charge < -0.3 is 9.47 Å². The monoisotopic (exact) mass is 447 g/mol. The lowest BCUT2D eigenvalue weighted by molar-refractivity contribution is 0.395. The molecule has 3 aromatic rings. The van der Waals surface area contributed by atoms with Gasteiger partial charge in [-0.25, -0.2) is 23.4 Å². The van der Waals surface area contributed by atoms with E-state index in [0.29, 0.717) is 28.1 Å². The molecule has 0 amide bonds. The number of fused-ring (bicyclic) bond motifs is 1. The maximum absolute atomic E-state index is 11.7. The van der Waals surface area contributed by atoms with Crippen LogP contribution in [-0.4, -0.2) is 43.8 Å². The molecule has 0 N–H and O–H groups in total. The maximum Gasteiger partial charge on any atom is 0.247 e. The molecule has 11 heteroatoms. The Morgan fingerprint density at radius 3 is 2.07 bits per heavy atom. The van der Waals surface area contributed by atoms with Gasteiger partial charge in [-0.15, -0.1) is 0 Å². The van der Waals surface area contributed by atoms with Gasteiger partial charge >= 0.3 is 0 Å². The second-order valence-corrected chi connectivity index (χ2v) is 8.47. The first-order chi connectivity index (χ1) is 12.7. The SMILES string of the molecule is COc1cc(OC)c(Cl)c(-c2cc3cnc(S(C)(=O)=O)nc3c(Cl)n2)c1Cl. The fourth-order valence-electron chi connectivity index (χ4n) is 2.40. The van der Waals surface area contributed by atoms with Crippen LogP contribution in [0.25, 0.3) is 22.2 Å². The molecule has 27 heavy (non-hydrogen) atoms. The predicted octanol–water partition coefficient (Wildman–Crippen LogP) is 4.07. The first-order valence-corrected chi connectivity index (χ1v) is 10.3. The normalized spacial score (nSPS) is 11.6. The highest BCUT2D eigenvalue weighted by atomic mass is 35.5. The van der Waals surface area contributed by atoms with E-state index in [0.717, 1.165) is 6.26 Å². The smallest absolute Gasteiger partial charge is 0.247 e. The molecule has 0 saturated carbocycles. The van der Waals surface area contributed by atoms with Crippen molar-refractivity contribution in [2.24, 2.45) is 0 Å². The summed E-state index contributed by atoms with van der Waals surface area (Å²) in [5, 5.41) is 0.542. The number of ether oxygens (including phenoxy) is 2. The molecular formula is C16H12Cl3N3O4S. The second-order valence-electron chi connectivity index (χ2n) is 5.44. The molecule has 3 rings (SSSR count). The van der Waals surface area contributed by atoms with Crippen molar-refractivity contribution in [3.05, 3.63) is 33.5 Å². The Morgan fingerprint density at radius 1 is 0.963 bits per heavy atom. The van der Waals surface area contributed by atoms with Gasteiger partial charge in [0, 0.05) is 29.5 Å². The van der Waals surface area contributed by atoms with E-state index in [-0.39, 0.29) is 25.9 Å². The molecule has 0 saturated heterocycles. The van der Waals surface area contributed by atoms with Crippen LogP contribution in [0.2, 0.25) is 15.2 Å². The van der Waals surface area contributed by atoms with Crippen LogP contribution in [0.3, 0.4) is 0 Å². The largest absolute Gasteiger partial charge is 0.495 e. The van der Waals surface area contributed by atoms with Crippen LogP contribution in [0.15, 0.2) is 23.5 Å². The average molecular weight is 449 g/mol. The Hall–Kier alpha value is -1.87. The molecular weight excluding hydrogens is 437 g/mol. The molecule has 0 radical (unpaired) electrons. The highest BCUT2D eigenvalue weighted by Crippen LogP contribution is 2.46. The Morgan fingerprint density at radius 2 is 1.56 bits per heavy atom. The number of aromatic nitrogens is 3. The molecule has 0 atom stereocenters. The van der Waals surface area contributed by atoms with Crippen LogP contribution in [0.5, 0.6) is 11.5 Å². The number of rotatable bonds is 4. The van der Waals surface area contributed by atoms with E-state index in [2.05, 4.69) is 15.0 Å². The molecule has 0 aliphatic heterocycles. The van der Waals surface area contributed by atoms with Crippen molar-refractivity contribution in [1.29, 1.82) is 0 Å². The Kier molecular flexibility index (Phi) is 5.36. The Labute approximate surface area is 170 Å². The summed E-state index contributed by atoms with van der Waals surface area (Å²) in [7, 11) is -0.673. The number of hydrogen-bond acceptors (Lipinski definition) is 7. The first kappa shape index (κ1) is 19.9. The van der Waals surface area contributed by atoms with Crippen molar-refractivity contribution in [2.45, 2.75) is 5.16 Å². The van der Waals surface area contributed by atoms with Gasteiger partial charge in [-0.05, 0) is 6.07 Å². The molecule has 0 spiro atoms. The number of sulfone groups is 1. The minimum absolute atomic E-state index is 0.0243. The lowest BCUT2D eigenvalue weighted by Gasteiger charge is -2.15. The lowest BCUT2D eigenvalue weighted by atomic mass is 10.1. The van der Waals surface area contributed by atoms with E-state index >= 15 is 0 Å². The van der Waals surface area contributed by atoms with E-state index in [1.54, 1.807) is 12.1 Å². The summed E-state index contributed by atoms with van der Waals surface area (Å²) < 4.78 is 33.8. The topological polar surface area (TPSA) is 91.3 Å². The molecule has 1 aromatic carbocycles. The number of benzene rings is 1. The van der Waals surface area contributed by atoms with Gasteiger partial charge in [0.2, 0.25) is 15.0 Å². The van der Waals surface area contributed by atoms with Crippen LogP contribution >= 0.6 is 34.8 Å². The number of methoxy groups -OCH3 is 2. The van der Waals surface area contributed by atoms with E-state index in [1.807, 2.05) is 0 Å². The fraction of sp³-hybridized carbons (Fsp3) is 0.188. The zero-order chi connectivity index (χ0) is 19.9. The van der Waals surface area contributed by atoms with Crippen molar-refractivity contribution in [1.82, 2.24) is 15.0 Å². The van der Waals surface area contributed by atoms with E-state index in [1.165, 1.54) is 20.4 Å². The van der Waals surface area contributed by atoms with Crippen LogP contribution < -0.4 is 9.47 Å². The number of halogens is 3. The summed E-state index contributed by atoms with van der Waals surface area (Å²) in [6.07, 6.45) is 2.35. The average Bonchev–Trinajstić information content (AvgIpc) is 2.61. The Balaban J connectivity index is 2.31. The van der Waals surface area contributed by atoms with Crippen molar-refractivity contribution in [3.63, 3.8) is 0 Å². The molecule has 142 valence electrons. The van der Waals surface area contributed by atoms with Crippen molar-refractivity contribution >= 4 is 55.5 Å². The molecule has 0 aliphatic carbocycles. The maximum atomic E-state index is 11.7. The van der Waals surface area contributed by atoms with Gasteiger partial charge in [-0.2, -0.15) is 0 Å². The second kappa shape index (κ2) is 7.27. The summed E-state index contributed by atoms with van der Waals surface area (Å²) in [5.41, 5.74) is 0.874. The number of pyridine rings is 1. The van der Waals surface area contributed by atoms with Crippen molar-refractivity contribution in [2.75, 3.05) is 20.5 Å². The van der Waals surface area contributed by atoms with Crippen LogP contribution in [0.4, 0.5) is 0 Å². The third kappa shape index (κ3) is 3.62. The summed E-state index contributed by atoms with van der Waals surface area (Å²) in [6.45, 7) is 0. The first-order valence-electron chi connectivity index (χ1n) is 7.31. The van der Waals surface area contributed by atoms with Gasteiger partial charge in [0.05, 0.1) is 30.0 Å². The van der Waals surface area contributed by atoms with Crippen LogP contribution in [-0.2, 0) is 9.84 Å². The minimum atomic E-state index is -3.59. The third-order valence-electron chi connectivity index (χ3n) is 3.66. The van der Waals surface area contributed by atoms with Crippen LogP contribution in [0, 0.1) is 0 Å². The summed E-state index contributed by atoms with van der Waals surface area (Å²) in [4.78, 5) is 12.1. The number of hydrogen-bond donors (Lipinski definition) is 0. The fourth-order valence-corrected chi connectivity index (χ4v) is 3.84. The highest BCUT2D eigenvalue weighted by molar-refractivity contribution is 7.90. The molecule has 0 unspecified atom stereocenters. The third-order valence-corrected chi connectivity index (χ3v) is 5.54. The summed E-state index contributed by atoms with van der Waals surface area (Å²) in [5.74, 6) is 0.684. The number of nitrogens with zero attached hydrogens (tertiary/aromatic N) is 3. The van der Waals surface area contributed by atoms with E-state index < -0.39 is 9.84 Å². The highest BCUT2D eigenvalue weighted by Gasteiger charge is 2.22. The molecule has 0 bridgehead atoms. The molecule has 0 aliphatic rings. The zero-order valence-corrected chi connectivity index (χ0v) is 17.3. The van der Waals surface area contributed by atoms with Gasteiger partial charge in [-0.1, -0.05) is 34.8 Å². The predicted molar refractivity (Wildman–Crippen MR) is 104 cm³/mol. The van der Waals surface area contributed by atoms with E-state index in [9.17, 15) is 8.42 Å².